The van der Waals surface area contributed by atoms with Crippen molar-refractivity contribution < 1.29 is 13.2 Å². The Bertz CT molecular complexity index is 1090. The van der Waals surface area contributed by atoms with Crippen molar-refractivity contribution in [1.29, 1.82) is 0 Å². The highest BCUT2D eigenvalue weighted by Crippen LogP contribution is 2.31. The number of carbonyl (C=O) groups is 1. The summed E-state index contributed by atoms with van der Waals surface area (Å²) >= 11 is 12.1. The van der Waals surface area contributed by atoms with Crippen LogP contribution < -0.4 is 5.32 Å². The Hall–Kier alpha value is -1.60. The van der Waals surface area contributed by atoms with Crippen LogP contribution >= 0.6 is 23.2 Å². The van der Waals surface area contributed by atoms with Gasteiger partial charge in [0.25, 0.3) is 0 Å². The molecule has 1 saturated heterocycles. The van der Waals surface area contributed by atoms with Crippen molar-refractivity contribution in [2.45, 2.75) is 51.5 Å². The largest absolute Gasteiger partial charge is 0.349 e. The molecule has 0 aromatic heterocycles. The minimum absolute atomic E-state index is 0.00315. The third-order valence-corrected chi connectivity index (χ3v) is 8.66. The van der Waals surface area contributed by atoms with Gasteiger partial charge in [-0.3, -0.25) is 4.79 Å². The van der Waals surface area contributed by atoms with Crippen molar-refractivity contribution in [3.05, 3.63) is 62.6 Å². The van der Waals surface area contributed by atoms with Gasteiger partial charge in [-0.2, -0.15) is 4.31 Å². The number of nitrogens with one attached hydrogen (secondary N) is 1. The number of sulfonamides is 1. The maximum absolute atomic E-state index is 13.0. The van der Waals surface area contributed by atoms with Gasteiger partial charge in [-0.05, 0) is 81.0 Å². The molecule has 1 aliphatic rings. The highest BCUT2D eigenvalue weighted by atomic mass is 35.5. The SMILES string of the molecule is Cc1cc(C)c([C@@H](C)NC(=O)C2CCN(S(=O)(=O)c3cc(Cl)ccc3Cl)CC2)cc1C. The van der Waals surface area contributed by atoms with Gasteiger partial charge >= 0.3 is 0 Å². The van der Waals surface area contributed by atoms with Crippen LogP contribution in [0.15, 0.2) is 35.2 Å². The van der Waals surface area contributed by atoms with Gasteiger partial charge in [0.15, 0.2) is 0 Å². The van der Waals surface area contributed by atoms with E-state index in [0.29, 0.717) is 17.9 Å². The number of hydrogen-bond acceptors (Lipinski definition) is 3. The summed E-state index contributed by atoms with van der Waals surface area (Å²) < 4.78 is 27.3. The predicted molar refractivity (Wildman–Crippen MR) is 125 cm³/mol. The molecule has 31 heavy (non-hydrogen) atoms. The molecule has 8 heteroatoms. The standard InChI is InChI=1S/C23H28Cl2N2O3S/c1-14-11-16(3)20(12-15(14)2)17(4)26-23(28)18-7-9-27(10-8-18)31(29,30)22-13-19(24)5-6-21(22)25/h5-6,11-13,17-18H,7-10H2,1-4H3,(H,26,28)/t17-/m1/s1. The average Bonchev–Trinajstić information content (AvgIpc) is 2.72. The summed E-state index contributed by atoms with van der Waals surface area (Å²) in [6.45, 7) is 8.70. The van der Waals surface area contributed by atoms with E-state index in [0.717, 1.165) is 11.1 Å². The summed E-state index contributed by atoms with van der Waals surface area (Å²) in [6.07, 6.45) is 0.920. The second-order valence-corrected chi connectivity index (χ2v) is 11.0. The zero-order valence-electron chi connectivity index (χ0n) is 18.2. The molecule has 3 rings (SSSR count). The van der Waals surface area contributed by atoms with Crippen molar-refractivity contribution in [3.8, 4) is 0 Å². The molecule has 0 bridgehead atoms. The van der Waals surface area contributed by atoms with Crippen LogP contribution in [0.25, 0.3) is 0 Å². The number of hydrogen-bond donors (Lipinski definition) is 1. The number of rotatable bonds is 5. The smallest absolute Gasteiger partial charge is 0.244 e. The van der Waals surface area contributed by atoms with E-state index < -0.39 is 10.0 Å². The number of amides is 1. The molecule has 0 aliphatic carbocycles. The molecule has 2 aromatic carbocycles. The molecule has 1 aliphatic heterocycles. The van der Waals surface area contributed by atoms with E-state index >= 15 is 0 Å². The molecule has 0 saturated carbocycles. The first-order valence-electron chi connectivity index (χ1n) is 10.3. The van der Waals surface area contributed by atoms with Crippen LogP contribution in [0.1, 0.15) is 48.1 Å². The summed E-state index contributed by atoms with van der Waals surface area (Å²) in [6, 6.07) is 8.55. The van der Waals surface area contributed by atoms with Gasteiger partial charge < -0.3 is 5.32 Å². The highest BCUT2D eigenvalue weighted by molar-refractivity contribution is 7.89. The number of halogens is 2. The van der Waals surface area contributed by atoms with Crippen LogP contribution in [0.3, 0.4) is 0 Å². The summed E-state index contributed by atoms with van der Waals surface area (Å²) in [4.78, 5) is 12.9. The molecule has 5 nitrogen and oxygen atoms in total. The lowest BCUT2D eigenvalue weighted by molar-refractivity contribution is -0.126. The molecule has 1 fully saturated rings. The maximum Gasteiger partial charge on any atom is 0.244 e. The molecule has 0 radical (unpaired) electrons. The summed E-state index contributed by atoms with van der Waals surface area (Å²) in [5.41, 5.74) is 4.68. The topological polar surface area (TPSA) is 66.5 Å². The van der Waals surface area contributed by atoms with E-state index in [1.807, 2.05) is 6.92 Å². The first-order chi connectivity index (χ1) is 14.5. The molecule has 0 spiro atoms. The first-order valence-corrected chi connectivity index (χ1v) is 12.5. The van der Waals surface area contributed by atoms with E-state index in [1.54, 1.807) is 6.07 Å². The van der Waals surface area contributed by atoms with E-state index in [4.69, 9.17) is 23.2 Å². The number of carbonyl (C=O) groups excluding carboxylic acids is 1. The quantitative estimate of drug-likeness (QED) is 0.636. The second-order valence-electron chi connectivity index (χ2n) is 8.28. The molecule has 1 amide bonds. The van der Waals surface area contributed by atoms with Crippen LogP contribution in [0, 0.1) is 26.7 Å². The lowest BCUT2D eigenvalue weighted by Gasteiger charge is -2.31. The van der Waals surface area contributed by atoms with E-state index in [9.17, 15) is 13.2 Å². The third kappa shape index (κ3) is 5.25. The van der Waals surface area contributed by atoms with Gasteiger partial charge in [0.1, 0.15) is 4.90 Å². The van der Waals surface area contributed by atoms with Gasteiger partial charge in [0, 0.05) is 24.0 Å². The maximum atomic E-state index is 13.0. The van der Waals surface area contributed by atoms with Gasteiger partial charge in [0.2, 0.25) is 15.9 Å². The molecule has 168 valence electrons. The summed E-state index contributed by atoms with van der Waals surface area (Å²) in [7, 11) is -3.76. The zero-order valence-corrected chi connectivity index (χ0v) is 20.5. The Kier molecular flexibility index (Phi) is 7.36. The van der Waals surface area contributed by atoms with E-state index in [1.165, 1.54) is 27.6 Å². The molecule has 1 heterocycles. The Morgan fingerprint density at radius 1 is 1.03 bits per heavy atom. The number of benzene rings is 2. The summed E-state index contributed by atoms with van der Waals surface area (Å²) in [5, 5.41) is 3.56. The minimum atomic E-state index is -3.76. The van der Waals surface area contributed by atoms with E-state index in [2.05, 4.69) is 38.2 Å². The number of aryl methyl sites for hydroxylation is 3. The molecular formula is C23H28Cl2N2O3S. The third-order valence-electron chi connectivity index (χ3n) is 6.04. The van der Waals surface area contributed by atoms with Crippen LogP contribution in [0.4, 0.5) is 0 Å². The first kappa shape index (κ1) is 24.1. The number of nitrogens with zero attached hydrogens (tertiary/aromatic N) is 1. The highest BCUT2D eigenvalue weighted by Gasteiger charge is 2.33. The Labute approximate surface area is 194 Å². The monoisotopic (exact) mass is 482 g/mol. The lowest BCUT2D eigenvalue weighted by Crippen LogP contribution is -2.43. The van der Waals surface area contributed by atoms with Crippen LogP contribution in [0.5, 0.6) is 0 Å². The Morgan fingerprint density at radius 2 is 1.65 bits per heavy atom. The van der Waals surface area contributed by atoms with Crippen molar-refractivity contribution in [2.75, 3.05) is 13.1 Å². The lowest BCUT2D eigenvalue weighted by atomic mass is 9.94. The van der Waals surface area contributed by atoms with Gasteiger partial charge in [-0.25, -0.2) is 8.42 Å². The van der Waals surface area contributed by atoms with Gasteiger partial charge in [0.05, 0.1) is 11.1 Å². The Morgan fingerprint density at radius 3 is 2.29 bits per heavy atom. The van der Waals surface area contributed by atoms with Crippen molar-refractivity contribution in [2.24, 2.45) is 5.92 Å². The van der Waals surface area contributed by atoms with Crippen LogP contribution in [0.2, 0.25) is 10.0 Å². The fourth-order valence-electron chi connectivity index (χ4n) is 4.03. The molecule has 0 unspecified atom stereocenters. The fraction of sp³-hybridized carbons (Fsp3) is 0.435. The Balaban J connectivity index is 1.65. The molecule has 1 N–H and O–H groups in total. The van der Waals surface area contributed by atoms with Crippen molar-refractivity contribution in [1.82, 2.24) is 9.62 Å². The average molecular weight is 483 g/mol. The predicted octanol–water partition coefficient (Wildman–Crippen LogP) is 5.20. The van der Waals surface area contributed by atoms with Gasteiger partial charge in [-0.15, -0.1) is 0 Å². The van der Waals surface area contributed by atoms with Crippen molar-refractivity contribution >= 4 is 39.1 Å². The minimum Gasteiger partial charge on any atom is -0.349 e. The molecule has 2 aromatic rings. The fourth-order valence-corrected chi connectivity index (χ4v) is 6.24. The molecule has 1 atom stereocenters. The van der Waals surface area contributed by atoms with E-state index in [-0.39, 0.29) is 40.9 Å². The number of piperidine rings is 1. The molecular weight excluding hydrogens is 455 g/mol. The van der Waals surface area contributed by atoms with Crippen molar-refractivity contribution in [3.63, 3.8) is 0 Å². The second kappa shape index (κ2) is 9.49. The van der Waals surface area contributed by atoms with Gasteiger partial charge in [-0.1, -0.05) is 35.3 Å². The summed E-state index contributed by atoms with van der Waals surface area (Å²) in [5.74, 6) is -0.265. The zero-order chi connectivity index (χ0) is 22.9. The normalized spacial score (nSPS) is 16.8. The van der Waals surface area contributed by atoms with Crippen LogP contribution in [-0.2, 0) is 14.8 Å². The van der Waals surface area contributed by atoms with Crippen LogP contribution in [-0.4, -0.2) is 31.7 Å².